The van der Waals surface area contributed by atoms with Gasteiger partial charge in [0.25, 0.3) is 0 Å². The fourth-order valence-corrected chi connectivity index (χ4v) is 7.87. The maximum atomic E-state index is 2.54. The average Bonchev–Trinajstić information content (AvgIpc) is 3.11. The molecule has 1 aliphatic heterocycles. The molecule has 134 valence electrons. The molecule has 2 atom stereocenters. The second-order valence-electron chi connectivity index (χ2n) is 8.99. The summed E-state index contributed by atoms with van der Waals surface area (Å²) < 4.78 is 6.81. The molecule has 0 aliphatic carbocycles. The van der Waals surface area contributed by atoms with Crippen molar-refractivity contribution in [3.05, 3.63) is 54.1 Å². The molecule has 1 aromatic carbocycles. The Balaban J connectivity index is 1.70. The zero-order valence-corrected chi connectivity index (χ0v) is 19.4. The molecule has 2 nitrogen and oxygen atoms in total. The van der Waals surface area contributed by atoms with E-state index >= 15 is 0 Å². The third-order valence-electron chi connectivity index (χ3n) is 5.43. The Morgan fingerprint density at radius 1 is 1.24 bits per heavy atom. The molecule has 2 aromatic rings. The van der Waals surface area contributed by atoms with Crippen LogP contribution < -0.4 is 4.57 Å². The molecular formula is C22H33N2Sn+. The Kier molecular flexibility index (Phi) is 5.67. The number of aryl methyl sites for hydroxylation is 1. The van der Waals surface area contributed by atoms with Crippen molar-refractivity contribution in [3.8, 4) is 0 Å². The van der Waals surface area contributed by atoms with E-state index in [4.69, 9.17) is 0 Å². The summed E-state index contributed by atoms with van der Waals surface area (Å²) in [6.07, 6.45) is 9.12. The van der Waals surface area contributed by atoms with Gasteiger partial charge in [0.1, 0.15) is 0 Å². The number of aromatic nitrogens is 2. The maximum absolute atomic E-state index is 2.54. The standard InChI is InChI=1S/C22H33N2.Sn/c1-7-8-13-23-14-15-24(17-23)16-19-9-11-20(12-10-19)21(18(2)3)22(4,5)6;/h9-12,14-15,17,21H,2,7-8,13,16H2,1,3-6H3;/q+1;. The van der Waals surface area contributed by atoms with Crippen LogP contribution in [0.1, 0.15) is 64.5 Å². The van der Waals surface area contributed by atoms with Crippen molar-refractivity contribution in [1.82, 2.24) is 4.57 Å². The van der Waals surface area contributed by atoms with Crippen LogP contribution in [-0.2, 0) is 13.1 Å². The van der Waals surface area contributed by atoms with E-state index in [9.17, 15) is 0 Å². The predicted molar refractivity (Wildman–Crippen MR) is 106 cm³/mol. The Morgan fingerprint density at radius 2 is 1.92 bits per heavy atom. The molecule has 25 heavy (non-hydrogen) atoms. The van der Waals surface area contributed by atoms with Crippen molar-refractivity contribution in [3.63, 3.8) is 0 Å². The molecule has 3 heteroatoms. The van der Waals surface area contributed by atoms with Crippen molar-refractivity contribution >= 4 is 21.1 Å². The third-order valence-corrected chi connectivity index (χ3v) is 10.4. The van der Waals surface area contributed by atoms with Gasteiger partial charge in [-0.2, -0.15) is 0 Å². The molecule has 1 aliphatic rings. The van der Waals surface area contributed by atoms with E-state index < -0.39 is 0 Å². The zero-order chi connectivity index (χ0) is 18.1. The SMILES string of the molecule is CCCCn1cc[n+](Cc2ccc(C(C(C)(C)C)[C]3(C)[CH2][Sn]3)cc2)c1. The number of hydrogen-bond donors (Lipinski definition) is 0. The van der Waals surface area contributed by atoms with Crippen LogP contribution in [0.5, 0.6) is 0 Å². The molecule has 2 radical (unpaired) electrons. The van der Waals surface area contributed by atoms with Gasteiger partial charge < -0.3 is 0 Å². The van der Waals surface area contributed by atoms with Gasteiger partial charge in [-0.05, 0) is 0 Å². The fourth-order valence-electron chi connectivity index (χ4n) is 4.20. The van der Waals surface area contributed by atoms with E-state index in [1.807, 2.05) is 0 Å². The van der Waals surface area contributed by atoms with E-state index in [0.717, 1.165) is 19.0 Å². The van der Waals surface area contributed by atoms with Gasteiger partial charge in [0.15, 0.2) is 0 Å². The van der Waals surface area contributed by atoms with Crippen LogP contribution in [0, 0.1) is 5.41 Å². The molecule has 3 rings (SSSR count). The number of benzene rings is 1. The van der Waals surface area contributed by atoms with Crippen molar-refractivity contribution in [2.24, 2.45) is 5.41 Å². The summed E-state index contributed by atoms with van der Waals surface area (Å²) in [6.45, 7) is 14.1. The van der Waals surface area contributed by atoms with Gasteiger partial charge in [-0.3, -0.25) is 0 Å². The van der Waals surface area contributed by atoms with Gasteiger partial charge in [-0.1, -0.05) is 13.3 Å². The minimum atomic E-state index is -0.130. The van der Waals surface area contributed by atoms with E-state index in [-0.39, 0.29) is 21.1 Å². The third kappa shape index (κ3) is 4.69. The first-order valence-electron chi connectivity index (χ1n) is 9.70. The topological polar surface area (TPSA) is 8.81 Å². The molecule has 0 bridgehead atoms. The summed E-state index contributed by atoms with van der Waals surface area (Å²) in [6, 6.07) is 9.51. The number of hydrogen-bond acceptors (Lipinski definition) is 0. The van der Waals surface area contributed by atoms with Crippen molar-refractivity contribution in [2.45, 2.75) is 74.3 Å². The first-order valence-corrected chi connectivity index (χ1v) is 13.1. The molecule has 0 saturated carbocycles. The van der Waals surface area contributed by atoms with Crippen LogP contribution in [0.3, 0.4) is 0 Å². The van der Waals surface area contributed by atoms with Gasteiger partial charge in [-0.25, -0.2) is 0 Å². The van der Waals surface area contributed by atoms with Crippen LogP contribution in [0.4, 0.5) is 0 Å². The summed E-state index contributed by atoms with van der Waals surface area (Å²) in [4.78, 5) is 0. The first kappa shape index (κ1) is 19.0. The first-order chi connectivity index (χ1) is 11.8. The van der Waals surface area contributed by atoms with Gasteiger partial charge in [0.2, 0.25) is 0 Å². The van der Waals surface area contributed by atoms with Gasteiger partial charge in [-0.15, -0.1) is 0 Å². The van der Waals surface area contributed by atoms with E-state index in [1.165, 1.54) is 18.4 Å². The number of unbranched alkanes of at least 4 members (excludes halogenated alkanes) is 1. The monoisotopic (exact) mass is 445 g/mol. The molecule has 2 unspecified atom stereocenters. The second-order valence-corrected chi connectivity index (χ2v) is 14.3. The van der Waals surface area contributed by atoms with Crippen LogP contribution >= 0.6 is 0 Å². The molecule has 1 aromatic heterocycles. The molecule has 0 amide bonds. The Hall–Kier alpha value is -0.771. The van der Waals surface area contributed by atoms with Crippen molar-refractivity contribution in [2.75, 3.05) is 0 Å². The molecule has 2 heterocycles. The van der Waals surface area contributed by atoms with Crippen molar-refractivity contribution in [1.29, 1.82) is 0 Å². The average molecular weight is 444 g/mol. The number of nitrogens with zero attached hydrogens (tertiary/aromatic N) is 2. The summed E-state index contributed by atoms with van der Waals surface area (Å²) in [5.41, 5.74) is 3.32. The quantitative estimate of drug-likeness (QED) is 0.417. The van der Waals surface area contributed by atoms with E-state index in [2.05, 4.69) is 86.7 Å². The predicted octanol–water partition coefficient (Wildman–Crippen LogP) is 5.07. The Labute approximate surface area is 163 Å². The number of rotatable bonds is 7. The Morgan fingerprint density at radius 3 is 2.48 bits per heavy atom. The molecule has 1 saturated heterocycles. The van der Waals surface area contributed by atoms with Crippen LogP contribution in [-0.4, -0.2) is 25.7 Å². The fraction of sp³-hybridized carbons (Fsp3) is 0.591. The van der Waals surface area contributed by atoms with Gasteiger partial charge in [0, 0.05) is 0 Å². The summed E-state index contributed by atoms with van der Waals surface area (Å²) >= 11 is -0.130. The molecule has 1 fully saturated rings. The summed E-state index contributed by atoms with van der Waals surface area (Å²) in [5.74, 6) is 0.725. The van der Waals surface area contributed by atoms with Crippen LogP contribution in [0.25, 0.3) is 0 Å². The normalized spacial score (nSPS) is 21.3. The molecular weight excluding hydrogens is 411 g/mol. The number of imidazole rings is 1. The Bertz CT molecular complexity index is 684. The summed E-state index contributed by atoms with van der Waals surface area (Å²) in [7, 11) is 0. The molecule has 0 N–H and O–H groups in total. The second kappa shape index (κ2) is 7.46. The van der Waals surface area contributed by atoms with E-state index in [1.54, 1.807) is 10.0 Å². The minimum absolute atomic E-state index is 0.130. The van der Waals surface area contributed by atoms with Gasteiger partial charge in [0.05, 0.1) is 0 Å². The van der Waals surface area contributed by atoms with Crippen molar-refractivity contribution < 1.29 is 4.57 Å². The molecule has 0 spiro atoms. The van der Waals surface area contributed by atoms with E-state index in [0.29, 0.717) is 8.85 Å². The van der Waals surface area contributed by atoms with Gasteiger partial charge >= 0.3 is 151 Å². The zero-order valence-electron chi connectivity index (χ0n) is 16.5. The van der Waals surface area contributed by atoms with Crippen LogP contribution in [0.2, 0.25) is 7.87 Å². The van der Waals surface area contributed by atoms with Crippen LogP contribution in [0.15, 0.2) is 43.0 Å². The summed E-state index contributed by atoms with van der Waals surface area (Å²) in [5, 5.41) is 0.